The van der Waals surface area contributed by atoms with Crippen LogP contribution >= 0.6 is 0 Å². The maximum absolute atomic E-state index is 8.83. The molecule has 0 fully saturated rings. The van der Waals surface area contributed by atoms with E-state index in [1.165, 1.54) is 0 Å². The van der Waals surface area contributed by atoms with Crippen molar-refractivity contribution in [3.05, 3.63) is 66.1 Å². The smallest absolute Gasteiger partial charge is 0.254 e. The predicted octanol–water partition coefficient (Wildman–Crippen LogP) is 3.19. The van der Waals surface area contributed by atoms with E-state index in [-0.39, 0.29) is 6.61 Å². The molecule has 0 atom stereocenters. The van der Waals surface area contributed by atoms with Crippen LogP contribution in [0.1, 0.15) is 11.5 Å². The average Bonchev–Trinajstić information content (AvgIpc) is 3.03. The van der Waals surface area contributed by atoms with Crippen LogP contribution in [0.25, 0.3) is 11.5 Å². The second-order valence-corrected chi connectivity index (χ2v) is 4.30. The Hall–Kier alpha value is -3.13. The molecule has 102 valence electrons. The second-order valence-electron chi connectivity index (χ2n) is 4.30. The van der Waals surface area contributed by atoms with Gasteiger partial charge in [0, 0.05) is 5.56 Å². The van der Waals surface area contributed by atoms with E-state index in [1.54, 1.807) is 24.3 Å². The summed E-state index contributed by atoms with van der Waals surface area (Å²) in [6, 6.07) is 18.5. The van der Waals surface area contributed by atoms with Gasteiger partial charge in [-0.25, -0.2) is 0 Å². The van der Waals surface area contributed by atoms with Crippen molar-refractivity contribution in [1.29, 1.82) is 5.26 Å². The molecule has 3 aromatic rings. The summed E-state index contributed by atoms with van der Waals surface area (Å²) in [5, 5.41) is 16.8. The molecule has 0 bridgehead atoms. The van der Waals surface area contributed by atoms with Crippen LogP contribution in [-0.4, -0.2) is 10.2 Å². The first-order valence-corrected chi connectivity index (χ1v) is 6.36. The first-order chi connectivity index (χ1) is 10.3. The molecule has 0 N–H and O–H groups in total. The molecule has 1 heterocycles. The standard InChI is InChI=1S/C16H11N3O2/c17-10-12-5-4-8-14(9-12)20-11-15-18-19-16(21-15)13-6-2-1-3-7-13/h1-9H,11H2. The molecule has 0 aliphatic rings. The van der Waals surface area contributed by atoms with Crippen LogP contribution in [0.2, 0.25) is 0 Å². The Balaban J connectivity index is 1.69. The third kappa shape index (κ3) is 3.07. The fourth-order valence-electron chi connectivity index (χ4n) is 1.81. The summed E-state index contributed by atoms with van der Waals surface area (Å²) in [4.78, 5) is 0. The van der Waals surface area contributed by atoms with Gasteiger partial charge in [0.25, 0.3) is 5.89 Å². The fraction of sp³-hybridized carbons (Fsp3) is 0.0625. The van der Waals surface area contributed by atoms with Crippen LogP contribution in [0.15, 0.2) is 59.0 Å². The van der Waals surface area contributed by atoms with Crippen molar-refractivity contribution in [1.82, 2.24) is 10.2 Å². The number of ether oxygens (including phenoxy) is 1. The van der Waals surface area contributed by atoms with Gasteiger partial charge < -0.3 is 9.15 Å². The lowest BCUT2D eigenvalue weighted by molar-refractivity contribution is 0.264. The van der Waals surface area contributed by atoms with E-state index >= 15 is 0 Å². The van der Waals surface area contributed by atoms with Gasteiger partial charge in [0.2, 0.25) is 5.89 Å². The zero-order valence-corrected chi connectivity index (χ0v) is 11.1. The molecule has 5 heteroatoms. The van der Waals surface area contributed by atoms with Crippen LogP contribution in [0, 0.1) is 11.3 Å². The summed E-state index contributed by atoms with van der Waals surface area (Å²) >= 11 is 0. The van der Waals surface area contributed by atoms with E-state index < -0.39 is 0 Å². The number of hydrogen-bond donors (Lipinski definition) is 0. The Morgan fingerprint density at radius 2 is 1.90 bits per heavy atom. The van der Waals surface area contributed by atoms with Crippen LogP contribution in [0.4, 0.5) is 0 Å². The Bertz CT molecular complexity index is 775. The van der Waals surface area contributed by atoms with Gasteiger partial charge in [-0.2, -0.15) is 5.26 Å². The van der Waals surface area contributed by atoms with Gasteiger partial charge in [-0.1, -0.05) is 24.3 Å². The van der Waals surface area contributed by atoms with Gasteiger partial charge in [-0.3, -0.25) is 0 Å². The molecule has 0 amide bonds. The van der Waals surface area contributed by atoms with E-state index in [0.717, 1.165) is 5.56 Å². The van der Waals surface area contributed by atoms with Crippen LogP contribution in [0.5, 0.6) is 5.75 Å². The van der Waals surface area contributed by atoms with Crippen molar-refractivity contribution in [3.8, 4) is 23.3 Å². The van der Waals surface area contributed by atoms with Gasteiger partial charge in [0.05, 0.1) is 11.6 Å². The minimum absolute atomic E-state index is 0.161. The summed E-state index contributed by atoms with van der Waals surface area (Å²) in [5.74, 6) is 1.43. The first-order valence-electron chi connectivity index (χ1n) is 6.36. The summed E-state index contributed by atoms with van der Waals surface area (Å²) in [6.45, 7) is 0.161. The normalized spacial score (nSPS) is 10.0. The minimum atomic E-state index is 0.161. The van der Waals surface area contributed by atoms with Crippen LogP contribution in [0.3, 0.4) is 0 Å². The largest absolute Gasteiger partial charge is 0.484 e. The molecule has 0 unspecified atom stereocenters. The lowest BCUT2D eigenvalue weighted by Crippen LogP contribution is -1.95. The Morgan fingerprint density at radius 3 is 2.71 bits per heavy atom. The maximum atomic E-state index is 8.83. The highest BCUT2D eigenvalue weighted by Crippen LogP contribution is 2.18. The zero-order valence-electron chi connectivity index (χ0n) is 11.1. The summed E-state index contributed by atoms with van der Waals surface area (Å²) in [5.41, 5.74) is 1.41. The molecule has 1 aromatic heterocycles. The van der Waals surface area contributed by atoms with Crippen molar-refractivity contribution in [2.45, 2.75) is 6.61 Å². The van der Waals surface area contributed by atoms with Crippen LogP contribution in [-0.2, 0) is 6.61 Å². The number of benzene rings is 2. The molecule has 0 saturated heterocycles. The van der Waals surface area contributed by atoms with E-state index in [9.17, 15) is 0 Å². The van der Waals surface area contributed by atoms with E-state index in [1.807, 2.05) is 30.3 Å². The molecule has 3 rings (SSSR count). The van der Waals surface area contributed by atoms with E-state index in [4.69, 9.17) is 14.4 Å². The average molecular weight is 277 g/mol. The molecular weight excluding hydrogens is 266 g/mol. The van der Waals surface area contributed by atoms with E-state index in [0.29, 0.717) is 23.1 Å². The number of nitriles is 1. The highest BCUT2D eigenvalue weighted by atomic mass is 16.5. The SMILES string of the molecule is N#Cc1cccc(OCc2nnc(-c3ccccc3)o2)c1. The van der Waals surface area contributed by atoms with Gasteiger partial charge in [-0.15, -0.1) is 10.2 Å². The van der Waals surface area contributed by atoms with Crippen molar-refractivity contribution in [2.24, 2.45) is 0 Å². The minimum Gasteiger partial charge on any atom is -0.484 e. The Labute approximate surface area is 121 Å². The van der Waals surface area contributed by atoms with Crippen molar-refractivity contribution >= 4 is 0 Å². The van der Waals surface area contributed by atoms with Crippen molar-refractivity contribution in [2.75, 3.05) is 0 Å². The predicted molar refractivity (Wildman–Crippen MR) is 75.2 cm³/mol. The molecule has 2 aromatic carbocycles. The van der Waals surface area contributed by atoms with Gasteiger partial charge in [-0.05, 0) is 30.3 Å². The topological polar surface area (TPSA) is 71.9 Å². The van der Waals surface area contributed by atoms with Gasteiger partial charge in [0.1, 0.15) is 5.75 Å². The molecule has 0 spiro atoms. The number of rotatable bonds is 4. The van der Waals surface area contributed by atoms with Crippen LogP contribution < -0.4 is 4.74 Å². The third-order valence-electron chi connectivity index (χ3n) is 2.81. The number of hydrogen-bond acceptors (Lipinski definition) is 5. The summed E-state index contributed by atoms with van der Waals surface area (Å²) in [6.07, 6.45) is 0. The van der Waals surface area contributed by atoms with Crippen molar-refractivity contribution in [3.63, 3.8) is 0 Å². The molecule has 5 nitrogen and oxygen atoms in total. The Kier molecular flexibility index (Phi) is 3.61. The number of aromatic nitrogens is 2. The Morgan fingerprint density at radius 1 is 1.05 bits per heavy atom. The lowest BCUT2D eigenvalue weighted by Gasteiger charge is -2.02. The molecular formula is C16H11N3O2. The monoisotopic (exact) mass is 277 g/mol. The van der Waals surface area contributed by atoms with Gasteiger partial charge in [0.15, 0.2) is 6.61 Å². The molecule has 21 heavy (non-hydrogen) atoms. The first kappa shape index (κ1) is 12.9. The quantitative estimate of drug-likeness (QED) is 0.732. The zero-order chi connectivity index (χ0) is 14.5. The lowest BCUT2D eigenvalue weighted by atomic mass is 10.2. The molecule has 0 aliphatic heterocycles. The van der Waals surface area contributed by atoms with E-state index in [2.05, 4.69) is 16.3 Å². The molecule has 0 aliphatic carbocycles. The van der Waals surface area contributed by atoms with Gasteiger partial charge >= 0.3 is 0 Å². The molecule has 0 radical (unpaired) electrons. The second kappa shape index (κ2) is 5.88. The maximum Gasteiger partial charge on any atom is 0.254 e. The molecule has 0 saturated carbocycles. The highest BCUT2D eigenvalue weighted by molar-refractivity contribution is 5.51. The summed E-state index contributed by atoms with van der Waals surface area (Å²) < 4.78 is 11.1. The number of nitrogens with zero attached hydrogens (tertiary/aromatic N) is 3. The fourth-order valence-corrected chi connectivity index (χ4v) is 1.81. The summed E-state index contributed by atoms with van der Waals surface area (Å²) in [7, 11) is 0. The third-order valence-corrected chi connectivity index (χ3v) is 2.81. The highest BCUT2D eigenvalue weighted by Gasteiger charge is 2.08. The van der Waals surface area contributed by atoms with Crippen molar-refractivity contribution < 1.29 is 9.15 Å².